The molecule has 0 aromatic heterocycles. The van der Waals surface area contributed by atoms with Gasteiger partial charge in [-0.3, -0.25) is 9.59 Å². The van der Waals surface area contributed by atoms with Crippen molar-refractivity contribution < 1.29 is 9.59 Å². The number of carbonyl (C=O) groups is 2. The molecule has 5 nitrogen and oxygen atoms in total. The van der Waals surface area contributed by atoms with Crippen molar-refractivity contribution in [3.05, 3.63) is 41.5 Å². The molecule has 0 aliphatic carbocycles. The molecule has 2 amide bonds. The summed E-state index contributed by atoms with van der Waals surface area (Å²) in [7, 11) is 1.60. The second kappa shape index (κ2) is 11.4. The third kappa shape index (κ3) is 7.98. The average molecular weight is 345 g/mol. The van der Waals surface area contributed by atoms with Crippen molar-refractivity contribution in [2.75, 3.05) is 26.7 Å². The third-order valence-corrected chi connectivity index (χ3v) is 4.22. The van der Waals surface area contributed by atoms with Crippen molar-refractivity contribution in [1.29, 1.82) is 0 Å². The molecule has 0 spiro atoms. The van der Waals surface area contributed by atoms with Crippen molar-refractivity contribution in [2.45, 2.75) is 39.7 Å². The van der Waals surface area contributed by atoms with Crippen molar-refractivity contribution in [3.8, 4) is 0 Å². The summed E-state index contributed by atoms with van der Waals surface area (Å²) in [6.45, 7) is 9.58. The quantitative estimate of drug-likeness (QED) is 0.641. The summed E-state index contributed by atoms with van der Waals surface area (Å²) in [5.74, 6) is -0.211. The molecular formula is C20H31N3O2. The number of amides is 2. The van der Waals surface area contributed by atoms with Crippen LogP contribution in [0.2, 0.25) is 0 Å². The van der Waals surface area contributed by atoms with E-state index in [1.807, 2.05) is 19.1 Å². The minimum atomic E-state index is -0.119. The lowest BCUT2D eigenvalue weighted by Crippen LogP contribution is -2.32. The number of hydrogen-bond donors (Lipinski definition) is 2. The normalized spacial score (nSPS) is 12.4. The first kappa shape index (κ1) is 20.9. The molecule has 0 bridgehead atoms. The van der Waals surface area contributed by atoms with E-state index in [-0.39, 0.29) is 17.9 Å². The highest BCUT2D eigenvalue weighted by Crippen LogP contribution is 2.06. The van der Waals surface area contributed by atoms with E-state index in [1.54, 1.807) is 25.3 Å². The maximum absolute atomic E-state index is 12.0. The van der Waals surface area contributed by atoms with Crippen LogP contribution in [0.5, 0.6) is 0 Å². The Balaban J connectivity index is 2.39. The molecule has 0 radical (unpaired) electrons. The number of hydrogen-bond acceptors (Lipinski definition) is 3. The molecule has 0 saturated carbocycles. The molecule has 0 saturated heterocycles. The van der Waals surface area contributed by atoms with E-state index >= 15 is 0 Å². The molecule has 1 aromatic rings. The van der Waals surface area contributed by atoms with E-state index in [0.29, 0.717) is 5.56 Å². The number of nitrogens with one attached hydrogen (secondary N) is 2. The number of rotatable bonds is 10. The third-order valence-electron chi connectivity index (χ3n) is 4.22. The van der Waals surface area contributed by atoms with E-state index in [1.165, 1.54) is 6.08 Å². The fraction of sp³-hybridized carbons (Fsp3) is 0.500. The number of carbonyl (C=O) groups excluding carboxylic acids is 2. The predicted molar refractivity (Wildman–Crippen MR) is 103 cm³/mol. The molecule has 25 heavy (non-hydrogen) atoms. The summed E-state index contributed by atoms with van der Waals surface area (Å²) in [6, 6.07) is 7.28. The van der Waals surface area contributed by atoms with Crippen molar-refractivity contribution in [1.82, 2.24) is 15.5 Å². The van der Waals surface area contributed by atoms with Gasteiger partial charge in [0.2, 0.25) is 5.91 Å². The summed E-state index contributed by atoms with van der Waals surface area (Å²) in [5, 5.41) is 5.57. The van der Waals surface area contributed by atoms with Crippen LogP contribution in [-0.4, -0.2) is 49.4 Å². The minimum absolute atomic E-state index is 0.0919. The van der Waals surface area contributed by atoms with E-state index in [2.05, 4.69) is 29.4 Å². The lowest BCUT2D eigenvalue weighted by atomic mass is 10.1. The SMILES string of the molecule is CCN(CC)CCCC(C)NC(=O)C=Cc1ccc(C(=O)NC)cc1. The van der Waals surface area contributed by atoms with E-state index in [0.717, 1.165) is 38.0 Å². The Hall–Kier alpha value is -2.14. The molecule has 5 heteroatoms. The second-order valence-electron chi connectivity index (χ2n) is 6.11. The van der Waals surface area contributed by atoms with Crippen LogP contribution in [-0.2, 0) is 4.79 Å². The van der Waals surface area contributed by atoms with Gasteiger partial charge in [-0.25, -0.2) is 0 Å². The second-order valence-corrected chi connectivity index (χ2v) is 6.11. The highest BCUT2D eigenvalue weighted by Gasteiger charge is 2.06. The lowest BCUT2D eigenvalue weighted by Gasteiger charge is -2.19. The fourth-order valence-corrected chi connectivity index (χ4v) is 2.59. The summed E-state index contributed by atoms with van der Waals surface area (Å²) < 4.78 is 0. The summed E-state index contributed by atoms with van der Waals surface area (Å²) in [4.78, 5) is 25.9. The van der Waals surface area contributed by atoms with Gasteiger partial charge in [-0.05, 0) is 63.2 Å². The first-order valence-electron chi connectivity index (χ1n) is 9.03. The summed E-state index contributed by atoms with van der Waals surface area (Å²) in [6.07, 6.45) is 5.34. The Morgan fingerprint density at radius 3 is 2.36 bits per heavy atom. The van der Waals surface area contributed by atoms with Gasteiger partial charge >= 0.3 is 0 Å². The Kier molecular flexibility index (Phi) is 9.55. The van der Waals surface area contributed by atoms with Crippen molar-refractivity contribution in [2.24, 2.45) is 0 Å². The standard InChI is InChI=1S/C20H31N3O2/c1-5-23(6-2)15-7-8-16(3)22-19(24)14-11-17-9-12-18(13-10-17)20(25)21-4/h9-14,16H,5-8,15H2,1-4H3,(H,21,25)(H,22,24). The minimum Gasteiger partial charge on any atom is -0.355 e. The highest BCUT2D eigenvalue weighted by molar-refractivity contribution is 5.94. The Morgan fingerprint density at radius 1 is 1.16 bits per heavy atom. The molecule has 1 atom stereocenters. The Labute approximate surface area is 151 Å². The summed E-state index contributed by atoms with van der Waals surface area (Å²) in [5.41, 5.74) is 1.49. The van der Waals surface area contributed by atoms with Gasteiger partial charge in [0.05, 0.1) is 0 Å². The molecule has 1 unspecified atom stereocenters. The zero-order valence-corrected chi connectivity index (χ0v) is 15.8. The van der Waals surface area contributed by atoms with Gasteiger partial charge in [0.25, 0.3) is 5.91 Å². The lowest BCUT2D eigenvalue weighted by molar-refractivity contribution is -0.117. The zero-order chi connectivity index (χ0) is 18.7. The van der Waals surface area contributed by atoms with E-state index in [4.69, 9.17) is 0 Å². The Bertz CT molecular complexity index is 563. The fourth-order valence-electron chi connectivity index (χ4n) is 2.59. The van der Waals surface area contributed by atoms with Crippen molar-refractivity contribution in [3.63, 3.8) is 0 Å². The van der Waals surface area contributed by atoms with E-state index in [9.17, 15) is 9.59 Å². The maximum atomic E-state index is 12.0. The van der Waals surface area contributed by atoms with Crippen LogP contribution in [0.15, 0.2) is 30.3 Å². The smallest absolute Gasteiger partial charge is 0.251 e. The molecular weight excluding hydrogens is 314 g/mol. The summed E-state index contributed by atoms with van der Waals surface area (Å²) >= 11 is 0. The molecule has 0 aliphatic rings. The van der Waals surface area contributed by atoms with Crippen LogP contribution >= 0.6 is 0 Å². The van der Waals surface area contributed by atoms with Crippen LogP contribution in [0.3, 0.4) is 0 Å². The molecule has 0 aliphatic heterocycles. The van der Waals surface area contributed by atoms with Crippen LogP contribution < -0.4 is 10.6 Å². The van der Waals surface area contributed by atoms with Crippen molar-refractivity contribution >= 4 is 17.9 Å². The number of nitrogens with zero attached hydrogens (tertiary/aromatic N) is 1. The molecule has 138 valence electrons. The first-order chi connectivity index (χ1) is 12.0. The predicted octanol–water partition coefficient (Wildman–Crippen LogP) is 2.69. The maximum Gasteiger partial charge on any atom is 0.251 e. The zero-order valence-electron chi connectivity index (χ0n) is 15.8. The average Bonchev–Trinajstić information content (AvgIpc) is 2.63. The first-order valence-corrected chi connectivity index (χ1v) is 9.03. The van der Waals surface area contributed by atoms with Gasteiger partial charge in [-0.1, -0.05) is 26.0 Å². The van der Waals surface area contributed by atoms with Crippen LogP contribution in [0.4, 0.5) is 0 Å². The molecule has 0 heterocycles. The highest BCUT2D eigenvalue weighted by atomic mass is 16.2. The van der Waals surface area contributed by atoms with Gasteiger partial charge in [0.15, 0.2) is 0 Å². The molecule has 1 rings (SSSR count). The van der Waals surface area contributed by atoms with E-state index < -0.39 is 0 Å². The Morgan fingerprint density at radius 2 is 1.80 bits per heavy atom. The van der Waals surface area contributed by atoms with Gasteiger partial charge in [0, 0.05) is 24.7 Å². The van der Waals surface area contributed by atoms with Gasteiger partial charge in [0.1, 0.15) is 0 Å². The van der Waals surface area contributed by atoms with Crippen LogP contribution in [0.25, 0.3) is 6.08 Å². The van der Waals surface area contributed by atoms with Gasteiger partial charge in [-0.15, -0.1) is 0 Å². The molecule has 0 fully saturated rings. The van der Waals surface area contributed by atoms with Crippen LogP contribution in [0, 0.1) is 0 Å². The van der Waals surface area contributed by atoms with Crippen LogP contribution in [0.1, 0.15) is 49.5 Å². The van der Waals surface area contributed by atoms with Gasteiger partial charge in [-0.2, -0.15) is 0 Å². The monoisotopic (exact) mass is 345 g/mol. The molecule has 2 N–H and O–H groups in total. The number of benzene rings is 1. The van der Waals surface area contributed by atoms with Gasteiger partial charge < -0.3 is 15.5 Å². The largest absolute Gasteiger partial charge is 0.355 e. The topological polar surface area (TPSA) is 61.4 Å². The molecule has 1 aromatic carbocycles.